The zero-order chi connectivity index (χ0) is 13.6. The molecule has 4 nitrogen and oxygen atoms in total. The number of nitrogens with zero attached hydrogens (tertiary/aromatic N) is 2. The Hall–Kier alpha value is -0.370. The van der Waals surface area contributed by atoms with Crippen molar-refractivity contribution in [3.63, 3.8) is 0 Å². The zero-order valence-electron chi connectivity index (χ0n) is 10.7. The third kappa shape index (κ3) is 6.53. The van der Waals surface area contributed by atoms with Crippen molar-refractivity contribution in [2.24, 2.45) is 0 Å². The van der Waals surface area contributed by atoms with Gasteiger partial charge < -0.3 is 10.4 Å². The van der Waals surface area contributed by atoms with E-state index in [0.717, 1.165) is 6.54 Å². The summed E-state index contributed by atoms with van der Waals surface area (Å²) >= 11 is 0. The highest BCUT2D eigenvalue weighted by molar-refractivity contribution is 4.76. The van der Waals surface area contributed by atoms with Crippen molar-refractivity contribution >= 4 is 0 Å². The van der Waals surface area contributed by atoms with Crippen molar-refractivity contribution in [3.05, 3.63) is 0 Å². The second kappa shape index (κ2) is 7.28. The molecule has 1 fully saturated rings. The molecule has 0 saturated carbocycles. The van der Waals surface area contributed by atoms with E-state index in [0.29, 0.717) is 39.3 Å². The molecule has 0 bridgehead atoms. The Balaban J connectivity index is 2.19. The molecule has 1 atom stereocenters. The molecule has 0 aromatic heterocycles. The first-order valence-corrected chi connectivity index (χ1v) is 6.31. The monoisotopic (exact) mass is 269 g/mol. The van der Waals surface area contributed by atoms with Gasteiger partial charge in [0.2, 0.25) is 0 Å². The van der Waals surface area contributed by atoms with Crippen LogP contribution in [-0.2, 0) is 0 Å². The molecule has 0 aliphatic carbocycles. The van der Waals surface area contributed by atoms with Crippen LogP contribution >= 0.6 is 0 Å². The van der Waals surface area contributed by atoms with E-state index < -0.39 is 18.8 Å². The van der Waals surface area contributed by atoms with Crippen LogP contribution in [0.15, 0.2) is 0 Å². The van der Waals surface area contributed by atoms with Gasteiger partial charge in [-0.15, -0.1) is 0 Å². The quantitative estimate of drug-likeness (QED) is 0.719. The maximum atomic E-state index is 12.2. The summed E-state index contributed by atoms with van der Waals surface area (Å²) in [5.74, 6) is 0. The molecular formula is C11H22F3N3O. The van der Waals surface area contributed by atoms with E-state index in [1.165, 1.54) is 4.90 Å². The average Bonchev–Trinajstić information content (AvgIpc) is 2.27. The second-order valence-electron chi connectivity index (χ2n) is 4.65. The number of aliphatic hydroxyl groups is 1. The Morgan fingerprint density at radius 1 is 1.17 bits per heavy atom. The van der Waals surface area contributed by atoms with Crippen molar-refractivity contribution in [3.8, 4) is 0 Å². The van der Waals surface area contributed by atoms with Gasteiger partial charge in [-0.25, -0.2) is 0 Å². The molecule has 108 valence electrons. The summed E-state index contributed by atoms with van der Waals surface area (Å²) in [5.41, 5.74) is 0. The zero-order valence-corrected chi connectivity index (χ0v) is 10.7. The number of nitrogens with one attached hydrogen (secondary N) is 1. The highest BCUT2D eigenvalue weighted by Gasteiger charge is 2.32. The van der Waals surface area contributed by atoms with Gasteiger partial charge >= 0.3 is 6.18 Å². The van der Waals surface area contributed by atoms with Gasteiger partial charge in [0.25, 0.3) is 0 Å². The fourth-order valence-electron chi connectivity index (χ4n) is 2.06. The van der Waals surface area contributed by atoms with Gasteiger partial charge in [-0.1, -0.05) is 6.92 Å². The Kier molecular flexibility index (Phi) is 6.34. The van der Waals surface area contributed by atoms with Crippen LogP contribution in [0.25, 0.3) is 0 Å². The van der Waals surface area contributed by atoms with E-state index in [2.05, 4.69) is 5.32 Å². The first-order valence-electron chi connectivity index (χ1n) is 6.31. The molecule has 1 aliphatic rings. The third-order valence-electron chi connectivity index (χ3n) is 2.97. The van der Waals surface area contributed by atoms with E-state index in [9.17, 15) is 18.3 Å². The maximum Gasteiger partial charge on any atom is 0.401 e. The van der Waals surface area contributed by atoms with Crippen LogP contribution in [0.2, 0.25) is 0 Å². The topological polar surface area (TPSA) is 38.7 Å². The largest absolute Gasteiger partial charge is 0.401 e. The third-order valence-corrected chi connectivity index (χ3v) is 2.97. The molecular weight excluding hydrogens is 247 g/mol. The summed E-state index contributed by atoms with van der Waals surface area (Å²) in [6.45, 7) is 4.96. The summed E-state index contributed by atoms with van der Waals surface area (Å²) in [4.78, 5) is 3.42. The van der Waals surface area contributed by atoms with E-state index in [1.54, 1.807) is 0 Å². The van der Waals surface area contributed by atoms with Gasteiger partial charge in [0.15, 0.2) is 0 Å². The number of alkyl halides is 3. The van der Waals surface area contributed by atoms with E-state index in [-0.39, 0.29) is 0 Å². The van der Waals surface area contributed by atoms with Gasteiger partial charge in [-0.05, 0) is 6.54 Å². The predicted octanol–water partition coefficient (Wildman–Crippen LogP) is 0.137. The lowest BCUT2D eigenvalue weighted by Crippen LogP contribution is -2.51. The van der Waals surface area contributed by atoms with Crippen LogP contribution in [-0.4, -0.2) is 79.5 Å². The number of hydrogen-bond donors (Lipinski definition) is 2. The predicted molar refractivity (Wildman–Crippen MR) is 63.5 cm³/mol. The molecule has 0 aromatic carbocycles. The molecule has 0 amide bonds. The van der Waals surface area contributed by atoms with Crippen LogP contribution in [0, 0.1) is 0 Å². The van der Waals surface area contributed by atoms with E-state index in [4.69, 9.17) is 0 Å². The fourth-order valence-corrected chi connectivity index (χ4v) is 2.06. The molecule has 18 heavy (non-hydrogen) atoms. The SMILES string of the molecule is CCNCC(O)CN1CCN(CC(F)(F)F)CC1. The normalized spacial score (nSPS) is 21.2. The minimum absolute atomic E-state index is 0.410. The van der Waals surface area contributed by atoms with Crippen LogP contribution in [0.1, 0.15) is 6.92 Å². The van der Waals surface area contributed by atoms with E-state index in [1.807, 2.05) is 11.8 Å². The number of piperazine rings is 1. The summed E-state index contributed by atoms with van der Waals surface area (Å²) in [6, 6.07) is 0. The summed E-state index contributed by atoms with van der Waals surface area (Å²) in [7, 11) is 0. The molecule has 1 rings (SSSR count). The minimum Gasteiger partial charge on any atom is -0.390 e. The van der Waals surface area contributed by atoms with Gasteiger partial charge in [0.1, 0.15) is 0 Å². The number of aliphatic hydroxyl groups excluding tert-OH is 1. The lowest BCUT2D eigenvalue weighted by atomic mass is 10.2. The Labute approximate surface area is 106 Å². The first-order chi connectivity index (χ1) is 8.40. The van der Waals surface area contributed by atoms with Crippen LogP contribution in [0.4, 0.5) is 13.2 Å². The maximum absolute atomic E-state index is 12.2. The van der Waals surface area contributed by atoms with Gasteiger partial charge in [-0.3, -0.25) is 9.80 Å². The summed E-state index contributed by atoms with van der Waals surface area (Å²) in [6.07, 6.45) is -4.58. The Morgan fingerprint density at radius 3 is 2.22 bits per heavy atom. The molecule has 0 aromatic rings. The highest BCUT2D eigenvalue weighted by atomic mass is 19.4. The standard InChI is InChI=1S/C11H22F3N3O/c1-2-15-7-10(18)8-16-3-5-17(6-4-16)9-11(12,13)14/h10,15,18H,2-9H2,1H3. The highest BCUT2D eigenvalue weighted by Crippen LogP contribution is 2.17. The minimum atomic E-state index is -4.12. The number of β-amino-alcohol motifs (C(OH)–C–C–N with tert-alkyl or cyclic N) is 1. The number of hydrogen-bond acceptors (Lipinski definition) is 4. The molecule has 7 heteroatoms. The van der Waals surface area contributed by atoms with Crippen molar-refractivity contribution < 1.29 is 18.3 Å². The fraction of sp³-hybridized carbons (Fsp3) is 1.00. The number of likely N-dealkylation sites (N-methyl/N-ethyl adjacent to an activating group) is 1. The average molecular weight is 269 g/mol. The van der Waals surface area contributed by atoms with E-state index >= 15 is 0 Å². The second-order valence-corrected chi connectivity index (χ2v) is 4.65. The molecule has 1 unspecified atom stereocenters. The summed E-state index contributed by atoms with van der Waals surface area (Å²) < 4.78 is 36.5. The smallest absolute Gasteiger partial charge is 0.390 e. The van der Waals surface area contributed by atoms with Gasteiger partial charge in [0.05, 0.1) is 12.6 Å². The van der Waals surface area contributed by atoms with Crippen molar-refractivity contribution in [2.75, 3.05) is 52.4 Å². The Morgan fingerprint density at radius 2 is 1.72 bits per heavy atom. The molecule has 1 aliphatic heterocycles. The molecule has 1 heterocycles. The molecule has 0 spiro atoms. The number of rotatable bonds is 6. The number of halogens is 3. The van der Waals surface area contributed by atoms with Crippen LogP contribution in [0.5, 0.6) is 0 Å². The van der Waals surface area contributed by atoms with Crippen molar-refractivity contribution in [2.45, 2.75) is 19.2 Å². The van der Waals surface area contributed by atoms with Gasteiger partial charge in [-0.2, -0.15) is 13.2 Å². The van der Waals surface area contributed by atoms with Crippen molar-refractivity contribution in [1.82, 2.24) is 15.1 Å². The van der Waals surface area contributed by atoms with Gasteiger partial charge in [0, 0.05) is 39.3 Å². The van der Waals surface area contributed by atoms with Crippen LogP contribution < -0.4 is 5.32 Å². The first kappa shape index (κ1) is 15.7. The van der Waals surface area contributed by atoms with Crippen molar-refractivity contribution in [1.29, 1.82) is 0 Å². The molecule has 0 radical (unpaired) electrons. The lowest BCUT2D eigenvalue weighted by molar-refractivity contribution is -0.149. The summed E-state index contributed by atoms with van der Waals surface area (Å²) in [5, 5.41) is 12.7. The molecule has 2 N–H and O–H groups in total. The Bertz CT molecular complexity index is 230. The lowest BCUT2D eigenvalue weighted by Gasteiger charge is -2.35. The van der Waals surface area contributed by atoms with Crippen LogP contribution in [0.3, 0.4) is 0 Å². The molecule has 1 saturated heterocycles.